The lowest BCUT2D eigenvalue weighted by Crippen LogP contribution is -2.65. The average molecular weight is 949 g/mol. The summed E-state index contributed by atoms with van der Waals surface area (Å²) in [6.07, 6.45) is -21.2. The number of carbonyl (C=O) groups excluding carboxylic acids is 1. The Bertz CT molecular complexity index is 1690. The minimum absolute atomic E-state index is 0.0438. The van der Waals surface area contributed by atoms with Crippen molar-refractivity contribution in [3.63, 3.8) is 0 Å². The number of carbonyl (C=O) groups is 1. The van der Waals surface area contributed by atoms with E-state index in [2.05, 4.69) is 40.3 Å². The van der Waals surface area contributed by atoms with Crippen LogP contribution in [0.1, 0.15) is 94.4 Å². The highest BCUT2D eigenvalue weighted by Gasteiger charge is 2.60. The second-order valence-corrected chi connectivity index (χ2v) is 20.3. The second kappa shape index (κ2) is 20.9. The highest BCUT2D eigenvalue weighted by molar-refractivity contribution is 5.65. The first-order valence-electron chi connectivity index (χ1n) is 23.3. The predicted molar refractivity (Wildman–Crippen MR) is 228 cm³/mol. The molecule has 0 aromatic rings. The standard InChI is InChI=1S/C46H76O20/c1-11-44(8,66-43-37(57)33(53)39(23(6)61-43)64-41-34(54)30(50)28(48)21(4)59-41)15-16-45(9)20(3)17-27(46(10)19(2)13-12-14-26(45)46)63-40-36(56)32(52)38(22(5)60-40)65-42-35(55)31(51)29(49)25(62-42)18-58-24(7)47/h11,13,20-23,25-43,48-57H,1,12,14-18H2,2-10H3/t20?,21-,22?,23?,25?,26?,27?,28?,29?,30?,31?,32?,33?,34+,35?,36?,37?,38?,39?,40?,41-,42?,43?,44?,45-,46-/m0/s1. The smallest absolute Gasteiger partial charge is 0.302 e. The lowest BCUT2D eigenvalue weighted by atomic mass is 9.45. The monoisotopic (exact) mass is 948 g/mol. The Balaban J connectivity index is 1.11. The van der Waals surface area contributed by atoms with E-state index in [1.165, 1.54) is 6.92 Å². The fraction of sp³-hybridized carbons (Fsp3) is 0.891. The molecule has 20 nitrogen and oxygen atoms in total. The molecule has 6 aliphatic rings. The van der Waals surface area contributed by atoms with Gasteiger partial charge in [0.25, 0.3) is 0 Å². The summed E-state index contributed by atoms with van der Waals surface area (Å²) >= 11 is 0. The molecule has 0 spiro atoms. The topological polar surface area (TPSA) is 302 Å². The number of aliphatic hydroxyl groups is 10. The zero-order valence-corrected chi connectivity index (χ0v) is 39.4. The molecule has 21 unspecified atom stereocenters. The first-order chi connectivity index (χ1) is 30.8. The van der Waals surface area contributed by atoms with Gasteiger partial charge in [0.1, 0.15) is 86.0 Å². The molecule has 4 saturated heterocycles. The van der Waals surface area contributed by atoms with Crippen molar-refractivity contribution in [1.82, 2.24) is 0 Å². The molecule has 66 heavy (non-hydrogen) atoms. The predicted octanol–water partition coefficient (Wildman–Crippen LogP) is -0.576. The van der Waals surface area contributed by atoms with Crippen LogP contribution in [0.4, 0.5) is 0 Å². The number of allylic oxidation sites excluding steroid dienone is 1. The van der Waals surface area contributed by atoms with E-state index in [9.17, 15) is 55.9 Å². The Morgan fingerprint density at radius 3 is 1.80 bits per heavy atom. The van der Waals surface area contributed by atoms with Gasteiger partial charge in [0.15, 0.2) is 25.2 Å². The zero-order valence-electron chi connectivity index (χ0n) is 39.4. The molecular weight excluding hydrogens is 872 g/mol. The van der Waals surface area contributed by atoms with Gasteiger partial charge in [-0.05, 0) is 84.0 Å². The van der Waals surface area contributed by atoms with Crippen LogP contribution in [0.5, 0.6) is 0 Å². The molecule has 5 fully saturated rings. The fourth-order valence-corrected chi connectivity index (χ4v) is 11.1. The molecular formula is C46H76O20. The molecule has 0 aromatic heterocycles. The van der Waals surface area contributed by atoms with E-state index in [-0.39, 0.29) is 17.3 Å². The van der Waals surface area contributed by atoms with Crippen LogP contribution in [0.2, 0.25) is 0 Å². The quantitative estimate of drug-likeness (QED) is 0.0770. The molecule has 4 aliphatic heterocycles. The van der Waals surface area contributed by atoms with E-state index in [1.807, 2.05) is 6.92 Å². The Kier molecular flexibility index (Phi) is 17.0. The third-order valence-corrected chi connectivity index (χ3v) is 16.0. The summed E-state index contributed by atoms with van der Waals surface area (Å²) in [5, 5.41) is 108. The van der Waals surface area contributed by atoms with Crippen molar-refractivity contribution in [3.8, 4) is 0 Å². The molecule has 0 bridgehead atoms. The largest absolute Gasteiger partial charge is 0.463 e. The normalized spacial score (nSPS) is 51.0. The average Bonchev–Trinajstić information content (AvgIpc) is 3.27. The number of hydrogen-bond acceptors (Lipinski definition) is 20. The van der Waals surface area contributed by atoms with Crippen molar-refractivity contribution in [1.29, 1.82) is 0 Å². The Hall–Kier alpha value is -1.77. The van der Waals surface area contributed by atoms with Crippen LogP contribution < -0.4 is 0 Å². The summed E-state index contributed by atoms with van der Waals surface area (Å²) in [7, 11) is 0. The van der Waals surface area contributed by atoms with Gasteiger partial charge in [0.2, 0.25) is 0 Å². The number of esters is 1. The first kappa shape index (κ1) is 53.6. The van der Waals surface area contributed by atoms with Crippen LogP contribution in [-0.2, 0) is 47.4 Å². The summed E-state index contributed by atoms with van der Waals surface area (Å²) in [4.78, 5) is 11.4. The second-order valence-electron chi connectivity index (χ2n) is 20.3. The summed E-state index contributed by atoms with van der Waals surface area (Å²) in [5.74, 6) is -0.551. The summed E-state index contributed by atoms with van der Waals surface area (Å²) in [6.45, 7) is 20.0. The van der Waals surface area contributed by atoms with Crippen molar-refractivity contribution < 1.29 is 98.5 Å². The van der Waals surface area contributed by atoms with Gasteiger partial charge in [-0.1, -0.05) is 38.5 Å². The third kappa shape index (κ3) is 10.3. The number of hydrogen-bond donors (Lipinski definition) is 10. The summed E-state index contributed by atoms with van der Waals surface area (Å²) < 4.78 is 53.4. The van der Waals surface area contributed by atoms with Crippen molar-refractivity contribution in [2.24, 2.45) is 22.7 Å². The van der Waals surface area contributed by atoms with Crippen molar-refractivity contribution in [2.45, 2.75) is 229 Å². The van der Waals surface area contributed by atoms with E-state index < -0.39 is 153 Å². The van der Waals surface area contributed by atoms with E-state index in [0.29, 0.717) is 19.3 Å². The fourth-order valence-electron chi connectivity index (χ4n) is 11.1. The summed E-state index contributed by atoms with van der Waals surface area (Å²) in [6, 6.07) is 0. The van der Waals surface area contributed by atoms with E-state index in [4.69, 9.17) is 42.6 Å². The molecule has 1 saturated carbocycles. The Labute approximate surface area is 386 Å². The van der Waals surface area contributed by atoms with E-state index >= 15 is 0 Å². The molecule has 0 aromatic carbocycles. The molecule has 0 radical (unpaired) electrons. The first-order valence-corrected chi connectivity index (χ1v) is 23.3. The molecule has 4 heterocycles. The third-order valence-electron chi connectivity index (χ3n) is 16.0. The number of fused-ring (bicyclic) bond motifs is 1. The number of rotatable bonds is 14. The molecule has 2 aliphatic carbocycles. The van der Waals surface area contributed by atoms with Gasteiger partial charge in [-0.3, -0.25) is 4.79 Å². The van der Waals surface area contributed by atoms with Gasteiger partial charge in [-0.2, -0.15) is 0 Å². The minimum atomic E-state index is -1.75. The Morgan fingerprint density at radius 1 is 0.727 bits per heavy atom. The highest BCUT2D eigenvalue weighted by Crippen LogP contribution is 2.63. The molecule has 20 heteroatoms. The lowest BCUT2D eigenvalue weighted by Gasteiger charge is -2.61. The molecule has 26 atom stereocenters. The number of aliphatic hydroxyl groups excluding tert-OH is 10. The van der Waals surface area contributed by atoms with Crippen LogP contribution in [0.25, 0.3) is 0 Å². The van der Waals surface area contributed by atoms with Gasteiger partial charge in [0, 0.05) is 12.3 Å². The van der Waals surface area contributed by atoms with Crippen molar-refractivity contribution >= 4 is 5.97 Å². The van der Waals surface area contributed by atoms with Crippen LogP contribution in [0.3, 0.4) is 0 Å². The van der Waals surface area contributed by atoms with Crippen LogP contribution in [0, 0.1) is 22.7 Å². The highest BCUT2D eigenvalue weighted by atomic mass is 16.8. The SMILES string of the molecule is C=CC(C)(CC[C@@]1(C)C(C)CC(OC2OC(C)C(OC3OC(COC(C)=O)C(O)C(O)C3O)C(O)C2O)[C@@]2(C)C(C)=CCCC12)OC1OC(C)C(O[C@@H]2O[C@@H](C)C(O)C(O)[C@H]2O)C(O)C1O. The summed E-state index contributed by atoms with van der Waals surface area (Å²) in [5.41, 5.74) is -0.798. The van der Waals surface area contributed by atoms with Gasteiger partial charge in [-0.15, -0.1) is 6.58 Å². The molecule has 10 N–H and O–H groups in total. The maximum absolute atomic E-state index is 11.5. The minimum Gasteiger partial charge on any atom is -0.463 e. The lowest BCUT2D eigenvalue weighted by molar-refractivity contribution is -0.364. The van der Waals surface area contributed by atoms with Gasteiger partial charge in [-0.25, -0.2) is 0 Å². The Morgan fingerprint density at radius 2 is 1.23 bits per heavy atom. The van der Waals surface area contributed by atoms with Gasteiger partial charge >= 0.3 is 5.97 Å². The van der Waals surface area contributed by atoms with Crippen molar-refractivity contribution in [2.75, 3.05) is 6.61 Å². The van der Waals surface area contributed by atoms with E-state index in [1.54, 1.807) is 19.9 Å². The zero-order chi connectivity index (χ0) is 49.0. The van der Waals surface area contributed by atoms with Crippen LogP contribution in [0.15, 0.2) is 24.3 Å². The molecule has 0 amide bonds. The van der Waals surface area contributed by atoms with Gasteiger partial charge in [0.05, 0.1) is 30.0 Å². The van der Waals surface area contributed by atoms with Crippen LogP contribution >= 0.6 is 0 Å². The molecule has 6 rings (SSSR count). The van der Waals surface area contributed by atoms with E-state index in [0.717, 1.165) is 25.3 Å². The maximum Gasteiger partial charge on any atom is 0.302 e. The van der Waals surface area contributed by atoms with Gasteiger partial charge < -0.3 is 93.7 Å². The molecule has 380 valence electrons. The van der Waals surface area contributed by atoms with Crippen LogP contribution in [-0.4, -0.2) is 198 Å². The number of ether oxygens (including phenoxy) is 9. The maximum atomic E-state index is 11.5. The van der Waals surface area contributed by atoms with Crippen molar-refractivity contribution in [3.05, 3.63) is 24.3 Å².